The van der Waals surface area contributed by atoms with Gasteiger partial charge in [-0.05, 0) is 26.0 Å². The van der Waals surface area contributed by atoms with Crippen molar-refractivity contribution >= 4 is 5.84 Å². The second kappa shape index (κ2) is 2.60. The quantitative estimate of drug-likeness (QED) is 0.649. The second-order valence-electron chi connectivity index (χ2n) is 3.67. The van der Waals surface area contributed by atoms with Gasteiger partial charge in [-0.15, -0.1) is 0 Å². The minimum Gasteiger partial charge on any atom is -0.384 e. The molecule has 0 saturated carbocycles. The number of rotatable bonds is 1. The molecule has 1 unspecified atom stereocenters. The molecule has 4 nitrogen and oxygen atoms in total. The number of oxime groups is 1. The van der Waals surface area contributed by atoms with Crippen LogP contribution in [0.5, 0.6) is 0 Å². The lowest BCUT2D eigenvalue weighted by molar-refractivity contribution is -0.113. The van der Waals surface area contributed by atoms with Gasteiger partial charge in [0, 0.05) is 6.20 Å². The molecule has 1 N–H and O–H groups in total. The van der Waals surface area contributed by atoms with Crippen LogP contribution in [0.25, 0.3) is 0 Å². The molecule has 0 radical (unpaired) electrons. The molecule has 13 heavy (non-hydrogen) atoms. The van der Waals surface area contributed by atoms with Crippen molar-refractivity contribution in [2.45, 2.75) is 25.7 Å². The maximum atomic E-state index is 9.76. The van der Waals surface area contributed by atoms with Crippen molar-refractivity contribution in [1.29, 1.82) is 0 Å². The maximum absolute atomic E-state index is 9.76. The van der Waals surface area contributed by atoms with Crippen LogP contribution < -0.4 is 0 Å². The van der Waals surface area contributed by atoms with Crippen LogP contribution >= 0.6 is 0 Å². The standard InChI is InChI=1S/C9H12N2O2/c1-9(2,12)8-11-6-4-3-5-7(11)10-13-8/h3-6,8,12H,1-2H3. The number of hydrogen-bond acceptors (Lipinski definition) is 4. The molecular weight excluding hydrogens is 168 g/mol. The van der Waals surface area contributed by atoms with Gasteiger partial charge in [-0.3, -0.25) is 4.90 Å². The minimum atomic E-state index is -0.930. The van der Waals surface area contributed by atoms with E-state index in [2.05, 4.69) is 5.16 Å². The molecule has 0 aromatic carbocycles. The van der Waals surface area contributed by atoms with E-state index in [9.17, 15) is 5.11 Å². The maximum Gasteiger partial charge on any atom is 0.233 e. The van der Waals surface area contributed by atoms with E-state index < -0.39 is 11.8 Å². The lowest BCUT2D eigenvalue weighted by atomic mass is 10.1. The Morgan fingerprint density at radius 2 is 2.31 bits per heavy atom. The van der Waals surface area contributed by atoms with Gasteiger partial charge in [0.2, 0.25) is 6.23 Å². The van der Waals surface area contributed by atoms with Crippen LogP contribution in [0.15, 0.2) is 29.6 Å². The fourth-order valence-corrected chi connectivity index (χ4v) is 1.35. The zero-order chi connectivity index (χ0) is 9.47. The largest absolute Gasteiger partial charge is 0.384 e. The minimum absolute atomic E-state index is 0.427. The first-order chi connectivity index (χ1) is 6.09. The molecule has 0 aliphatic carbocycles. The molecule has 0 spiro atoms. The van der Waals surface area contributed by atoms with Crippen LogP contribution in [0.4, 0.5) is 0 Å². The van der Waals surface area contributed by atoms with E-state index in [1.807, 2.05) is 24.4 Å². The van der Waals surface area contributed by atoms with Crippen molar-refractivity contribution in [3.8, 4) is 0 Å². The molecule has 1 atom stereocenters. The smallest absolute Gasteiger partial charge is 0.233 e. The molecular formula is C9H12N2O2. The summed E-state index contributed by atoms with van der Waals surface area (Å²) in [5.74, 6) is 0.731. The lowest BCUT2D eigenvalue weighted by Gasteiger charge is -2.30. The Bertz CT molecular complexity index is 299. The average Bonchev–Trinajstić information content (AvgIpc) is 2.45. The molecule has 0 aromatic heterocycles. The topological polar surface area (TPSA) is 45.1 Å². The summed E-state index contributed by atoms with van der Waals surface area (Å²) in [6.45, 7) is 3.39. The van der Waals surface area contributed by atoms with Gasteiger partial charge in [-0.25, -0.2) is 0 Å². The second-order valence-corrected chi connectivity index (χ2v) is 3.67. The van der Waals surface area contributed by atoms with E-state index >= 15 is 0 Å². The number of nitrogens with zero attached hydrogens (tertiary/aromatic N) is 2. The third-order valence-corrected chi connectivity index (χ3v) is 1.97. The predicted molar refractivity (Wildman–Crippen MR) is 48.7 cm³/mol. The highest BCUT2D eigenvalue weighted by atomic mass is 16.7. The van der Waals surface area contributed by atoms with E-state index in [1.165, 1.54) is 0 Å². The Balaban J connectivity index is 2.23. The highest BCUT2D eigenvalue weighted by molar-refractivity contribution is 5.95. The Morgan fingerprint density at radius 3 is 3.00 bits per heavy atom. The van der Waals surface area contributed by atoms with Crippen LogP contribution in [0.3, 0.4) is 0 Å². The Hall–Kier alpha value is -1.29. The van der Waals surface area contributed by atoms with Crippen molar-refractivity contribution in [1.82, 2.24) is 4.90 Å². The molecule has 2 rings (SSSR count). The van der Waals surface area contributed by atoms with Crippen LogP contribution in [-0.4, -0.2) is 27.7 Å². The number of fused-ring (bicyclic) bond motifs is 1. The summed E-state index contributed by atoms with van der Waals surface area (Å²) in [5, 5.41) is 13.6. The molecule has 0 aromatic rings. The third-order valence-electron chi connectivity index (χ3n) is 1.97. The monoisotopic (exact) mass is 180 g/mol. The third kappa shape index (κ3) is 1.33. The SMILES string of the molecule is CC(C)(O)C1ON=C2C=CC=CN21. The van der Waals surface area contributed by atoms with Crippen LogP contribution in [0.2, 0.25) is 0 Å². The summed E-state index contributed by atoms with van der Waals surface area (Å²) in [5.41, 5.74) is -0.930. The molecule has 2 heterocycles. The Kier molecular flexibility index (Phi) is 1.66. The zero-order valence-electron chi connectivity index (χ0n) is 7.64. The van der Waals surface area contributed by atoms with E-state index in [1.54, 1.807) is 18.7 Å². The molecule has 0 fully saturated rings. The van der Waals surface area contributed by atoms with Crippen LogP contribution in [0.1, 0.15) is 13.8 Å². The highest BCUT2D eigenvalue weighted by Crippen LogP contribution is 2.25. The van der Waals surface area contributed by atoms with Gasteiger partial charge in [0.25, 0.3) is 0 Å². The molecule has 0 amide bonds. The Labute approximate surface area is 76.8 Å². The van der Waals surface area contributed by atoms with Gasteiger partial charge in [0.15, 0.2) is 5.84 Å². The van der Waals surface area contributed by atoms with Gasteiger partial charge in [-0.2, -0.15) is 0 Å². The van der Waals surface area contributed by atoms with Crippen molar-refractivity contribution in [2.24, 2.45) is 5.16 Å². The van der Waals surface area contributed by atoms with Gasteiger partial charge in [-0.1, -0.05) is 11.2 Å². The van der Waals surface area contributed by atoms with Crippen LogP contribution in [0, 0.1) is 0 Å². The van der Waals surface area contributed by atoms with Crippen molar-refractivity contribution < 1.29 is 9.94 Å². The molecule has 70 valence electrons. The van der Waals surface area contributed by atoms with Crippen molar-refractivity contribution in [3.05, 3.63) is 24.4 Å². The molecule has 2 aliphatic heterocycles. The zero-order valence-corrected chi connectivity index (χ0v) is 7.64. The first-order valence-corrected chi connectivity index (χ1v) is 4.18. The number of aliphatic hydroxyl groups is 1. The summed E-state index contributed by atoms with van der Waals surface area (Å²) in [6, 6.07) is 0. The Morgan fingerprint density at radius 1 is 1.54 bits per heavy atom. The molecule has 0 bridgehead atoms. The summed E-state index contributed by atoms with van der Waals surface area (Å²) in [6.07, 6.45) is 7.02. The van der Waals surface area contributed by atoms with Crippen LogP contribution in [-0.2, 0) is 4.84 Å². The fourth-order valence-electron chi connectivity index (χ4n) is 1.35. The molecule has 2 aliphatic rings. The summed E-state index contributed by atoms with van der Waals surface area (Å²) < 4.78 is 0. The van der Waals surface area contributed by atoms with Crippen molar-refractivity contribution in [3.63, 3.8) is 0 Å². The number of hydrogen-bond donors (Lipinski definition) is 1. The summed E-state index contributed by atoms with van der Waals surface area (Å²) >= 11 is 0. The first kappa shape index (κ1) is 8.31. The van der Waals surface area contributed by atoms with Gasteiger partial charge in [0.1, 0.15) is 5.60 Å². The summed E-state index contributed by atoms with van der Waals surface area (Å²) in [4.78, 5) is 6.93. The van der Waals surface area contributed by atoms with Gasteiger partial charge >= 0.3 is 0 Å². The molecule has 4 heteroatoms. The molecule has 0 saturated heterocycles. The van der Waals surface area contributed by atoms with Gasteiger partial charge < -0.3 is 9.94 Å². The van der Waals surface area contributed by atoms with E-state index in [0.717, 1.165) is 5.84 Å². The van der Waals surface area contributed by atoms with E-state index in [0.29, 0.717) is 0 Å². The fraction of sp³-hybridized carbons (Fsp3) is 0.444. The predicted octanol–water partition coefficient (Wildman–Crippen LogP) is 0.813. The van der Waals surface area contributed by atoms with Crippen molar-refractivity contribution in [2.75, 3.05) is 0 Å². The number of allylic oxidation sites excluding steroid dienone is 2. The average molecular weight is 180 g/mol. The summed E-state index contributed by atoms with van der Waals surface area (Å²) in [7, 11) is 0. The highest BCUT2D eigenvalue weighted by Gasteiger charge is 2.39. The number of amidine groups is 1. The van der Waals surface area contributed by atoms with E-state index in [4.69, 9.17) is 4.84 Å². The normalized spacial score (nSPS) is 25.6. The lowest BCUT2D eigenvalue weighted by Crippen LogP contribution is -2.46. The van der Waals surface area contributed by atoms with E-state index in [-0.39, 0.29) is 0 Å². The van der Waals surface area contributed by atoms with Gasteiger partial charge in [0.05, 0.1) is 0 Å². The first-order valence-electron chi connectivity index (χ1n) is 4.18.